The van der Waals surface area contributed by atoms with E-state index in [0.717, 1.165) is 5.56 Å². The Balaban J connectivity index is 1.96. The molecule has 0 aliphatic heterocycles. The Labute approximate surface area is 168 Å². The molecule has 0 aliphatic carbocycles. The molecule has 0 bridgehead atoms. The number of hydrogen-bond acceptors (Lipinski definition) is 4. The molecular formula is C21H21ClN2O4. The third-order valence-electron chi connectivity index (χ3n) is 3.70. The molecule has 7 heteroatoms. The third-order valence-corrected chi connectivity index (χ3v) is 3.94. The van der Waals surface area contributed by atoms with Gasteiger partial charge in [0.2, 0.25) is 5.91 Å². The molecule has 146 valence electrons. The smallest absolute Gasteiger partial charge is 0.355 e. The summed E-state index contributed by atoms with van der Waals surface area (Å²) in [5, 5.41) is 5.72. The molecule has 0 aliphatic rings. The lowest BCUT2D eigenvalue weighted by molar-refractivity contribution is -0.145. The molecule has 0 saturated heterocycles. The zero-order chi connectivity index (χ0) is 20.5. The predicted molar refractivity (Wildman–Crippen MR) is 107 cm³/mol. The Morgan fingerprint density at radius 1 is 1.11 bits per heavy atom. The molecule has 2 aromatic rings. The van der Waals surface area contributed by atoms with E-state index in [2.05, 4.69) is 10.6 Å². The summed E-state index contributed by atoms with van der Waals surface area (Å²) in [6.07, 6.45) is 1.48. The van der Waals surface area contributed by atoms with Crippen molar-refractivity contribution in [1.82, 2.24) is 10.6 Å². The van der Waals surface area contributed by atoms with Crippen LogP contribution in [-0.2, 0) is 19.1 Å². The number of carbonyl (C=O) groups excluding carboxylic acids is 3. The van der Waals surface area contributed by atoms with E-state index in [1.807, 2.05) is 12.1 Å². The number of rotatable bonds is 7. The number of amides is 2. The van der Waals surface area contributed by atoms with Crippen molar-refractivity contribution in [2.75, 3.05) is 6.61 Å². The summed E-state index contributed by atoms with van der Waals surface area (Å²) in [7, 11) is 0. The molecule has 2 rings (SSSR count). The average Bonchev–Trinajstić information content (AvgIpc) is 2.66. The van der Waals surface area contributed by atoms with Crippen molar-refractivity contribution >= 4 is 35.5 Å². The van der Waals surface area contributed by atoms with E-state index >= 15 is 0 Å². The van der Waals surface area contributed by atoms with Gasteiger partial charge in [0.05, 0.1) is 6.04 Å². The molecule has 28 heavy (non-hydrogen) atoms. The van der Waals surface area contributed by atoms with Crippen molar-refractivity contribution < 1.29 is 19.1 Å². The van der Waals surface area contributed by atoms with E-state index in [4.69, 9.17) is 16.3 Å². The van der Waals surface area contributed by atoms with Crippen LogP contribution in [0.25, 0.3) is 6.08 Å². The zero-order valence-corrected chi connectivity index (χ0v) is 16.3. The summed E-state index contributed by atoms with van der Waals surface area (Å²) < 4.78 is 5.04. The van der Waals surface area contributed by atoms with Crippen LogP contribution in [0.3, 0.4) is 0 Å². The third kappa shape index (κ3) is 6.89. The van der Waals surface area contributed by atoms with Crippen molar-refractivity contribution in [2.45, 2.75) is 19.9 Å². The largest absolute Gasteiger partial charge is 0.451 e. The van der Waals surface area contributed by atoms with Gasteiger partial charge in [-0.25, -0.2) is 4.79 Å². The van der Waals surface area contributed by atoms with Gasteiger partial charge in [-0.05, 0) is 36.3 Å². The van der Waals surface area contributed by atoms with E-state index < -0.39 is 24.4 Å². The summed E-state index contributed by atoms with van der Waals surface area (Å²) in [6.45, 7) is 2.60. The monoisotopic (exact) mass is 400 g/mol. The van der Waals surface area contributed by atoms with Crippen LogP contribution in [0.15, 0.2) is 60.3 Å². The molecule has 0 heterocycles. The van der Waals surface area contributed by atoms with Crippen LogP contribution in [0.1, 0.15) is 31.0 Å². The van der Waals surface area contributed by atoms with Gasteiger partial charge in [-0.1, -0.05) is 54.1 Å². The standard InChI is InChI=1S/C21H21ClN2O4/c1-14(17-9-6-10-18(22)12-17)23-20(26)13-28-21(27)19(24-15(2)25)11-16-7-4-3-5-8-16/h3-12,14H,13H2,1-2H3,(H,23,26)(H,24,25)/b19-11-/t14-/m0/s1. The highest BCUT2D eigenvalue weighted by Gasteiger charge is 2.16. The Kier molecular flexibility index (Phi) is 7.77. The molecule has 0 radical (unpaired) electrons. The molecule has 2 aromatic carbocycles. The first-order valence-electron chi connectivity index (χ1n) is 8.61. The second-order valence-electron chi connectivity index (χ2n) is 6.07. The van der Waals surface area contributed by atoms with Gasteiger partial charge >= 0.3 is 5.97 Å². The van der Waals surface area contributed by atoms with Gasteiger partial charge in [-0.15, -0.1) is 0 Å². The average molecular weight is 401 g/mol. The first-order chi connectivity index (χ1) is 13.3. The molecule has 6 nitrogen and oxygen atoms in total. The molecule has 2 amide bonds. The fraction of sp³-hybridized carbons (Fsp3) is 0.190. The topological polar surface area (TPSA) is 84.5 Å². The van der Waals surface area contributed by atoms with Crippen LogP contribution < -0.4 is 10.6 Å². The van der Waals surface area contributed by atoms with E-state index in [1.54, 1.807) is 49.4 Å². The van der Waals surface area contributed by atoms with Gasteiger partial charge in [0.25, 0.3) is 5.91 Å². The summed E-state index contributed by atoms with van der Waals surface area (Å²) in [5.41, 5.74) is 1.49. The number of ether oxygens (including phenoxy) is 1. The maximum absolute atomic E-state index is 12.3. The van der Waals surface area contributed by atoms with Crippen molar-refractivity contribution in [3.8, 4) is 0 Å². The summed E-state index contributed by atoms with van der Waals surface area (Å²) >= 11 is 5.95. The SMILES string of the molecule is CC(=O)N/C(=C\c1ccccc1)C(=O)OCC(=O)N[C@@H](C)c1cccc(Cl)c1. The number of halogens is 1. The van der Waals surface area contributed by atoms with E-state index in [1.165, 1.54) is 13.0 Å². The summed E-state index contributed by atoms with van der Waals surface area (Å²) in [4.78, 5) is 35.7. The number of nitrogens with one attached hydrogen (secondary N) is 2. The van der Waals surface area contributed by atoms with Crippen molar-refractivity contribution in [1.29, 1.82) is 0 Å². The molecule has 1 atom stereocenters. The number of benzene rings is 2. The molecule has 0 unspecified atom stereocenters. The van der Waals surface area contributed by atoms with Crippen LogP contribution in [0, 0.1) is 0 Å². The minimum atomic E-state index is -0.801. The van der Waals surface area contributed by atoms with Crippen molar-refractivity contribution in [3.05, 3.63) is 76.4 Å². The molecule has 0 saturated carbocycles. The van der Waals surface area contributed by atoms with Crippen LogP contribution >= 0.6 is 11.6 Å². The van der Waals surface area contributed by atoms with E-state index in [9.17, 15) is 14.4 Å². The lowest BCUT2D eigenvalue weighted by atomic mass is 10.1. The van der Waals surface area contributed by atoms with Crippen LogP contribution in [0.2, 0.25) is 5.02 Å². The molecule has 0 aromatic heterocycles. The molecule has 0 spiro atoms. The fourth-order valence-electron chi connectivity index (χ4n) is 2.40. The van der Waals surface area contributed by atoms with Gasteiger partial charge in [0.15, 0.2) is 6.61 Å². The van der Waals surface area contributed by atoms with Gasteiger partial charge < -0.3 is 15.4 Å². The zero-order valence-electron chi connectivity index (χ0n) is 15.6. The second kappa shape index (κ2) is 10.3. The van der Waals surface area contributed by atoms with Crippen LogP contribution in [0.4, 0.5) is 0 Å². The van der Waals surface area contributed by atoms with Crippen molar-refractivity contribution in [3.63, 3.8) is 0 Å². The first-order valence-corrected chi connectivity index (χ1v) is 8.99. The summed E-state index contributed by atoms with van der Waals surface area (Å²) in [5.74, 6) is -1.69. The van der Waals surface area contributed by atoms with Crippen LogP contribution in [0.5, 0.6) is 0 Å². The van der Waals surface area contributed by atoms with Gasteiger partial charge in [-0.2, -0.15) is 0 Å². The summed E-state index contributed by atoms with van der Waals surface area (Å²) in [6, 6.07) is 15.8. The minimum absolute atomic E-state index is 0.0469. The van der Waals surface area contributed by atoms with Gasteiger partial charge in [0, 0.05) is 11.9 Å². The fourth-order valence-corrected chi connectivity index (χ4v) is 2.60. The normalized spacial score (nSPS) is 12.0. The highest BCUT2D eigenvalue weighted by molar-refractivity contribution is 6.30. The number of esters is 1. The second-order valence-corrected chi connectivity index (χ2v) is 6.51. The maximum atomic E-state index is 12.3. The van der Waals surface area contributed by atoms with Crippen molar-refractivity contribution in [2.24, 2.45) is 0 Å². The Bertz CT molecular complexity index is 881. The Hall–Kier alpha value is -3.12. The Morgan fingerprint density at radius 2 is 1.82 bits per heavy atom. The van der Waals surface area contributed by atoms with E-state index in [0.29, 0.717) is 10.6 Å². The predicted octanol–water partition coefficient (Wildman–Crippen LogP) is 3.24. The van der Waals surface area contributed by atoms with Crippen LogP contribution in [-0.4, -0.2) is 24.4 Å². The quantitative estimate of drug-likeness (QED) is 0.552. The number of hydrogen-bond donors (Lipinski definition) is 2. The highest BCUT2D eigenvalue weighted by Crippen LogP contribution is 2.17. The lowest BCUT2D eigenvalue weighted by Gasteiger charge is -2.15. The molecule has 2 N–H and O–H groups in total. The number of carbonyl (C=O) groups is 3. The minimum Gasteiger partial charge on any atom is -0.451 e. The van der Waals surface area contributed by atoms with Gasteiger partial charge in [-0.3, -0.25) is 9.59 Å². The molecule has 0 fully saturated rings. The Morgan fingerprint density at radius 3 is 2.46 bits per heavy atom. The molecular weight excluding hydrogens is 380 g/mol. The highest BCUT2D eigenvalue weighted by atomic mass is 35.5. The lowest BCUT2D eigenvalue weighted by Crippen LogP contribution is -2.33. The van der Waals surface area contributed by atoms with E-state index in [-0.39, 0.29) is 11.7 Å². The van der Waals surface area contributed by atoms with Gasteiger partial charge in [0.1, 0.15) is 5.70 Å². The first kappa shape index (κ1) is 21.2. The maximum Gasteiger partial charge on any atom is 0.355 e.